The van der Waals surface area contributed by atoms with Crippen molar-refractivity contribution >= 4 is 21.6 Å². The van der Waals surface area contributed by atoms with Gasteiger partial charge >= 0.3 is 0 Å². The molecule has 0 aliphatic rings. The summed E-state index contributed by atoms with van der Waals surface area (Å²) in [7, 11) is 3.98. The van der Waals surface area contributed by atoms with Crippen LogP contribution in [-0.2, 0) is 13.5 Å². The Balaban J connectivity index is 1.89. The molecule has 20 heavy (non-hydrogen) atoms. The van der Waals surface area contributed by atoms with Gasteiger partial charge in [-0.15, -0.1) is 11.3 Å². The first-order chi connectivity index (χ1) is 9.67. The predicted molar refractivity (Wildman–Crippen MR) is 83.1 cm³/mol. The number of rotatable bonds is 4. The third kappa shape index (κ3) is 2.46. The van der Waals surface area contributed by atoms with E-state index in [1.54, 1.807) is 11.3 Å². The highest BCUT2D eigenvalue weighted by Gasteiger charge is 2.17. The molecular formula is C15H18N4S. The van der Waals surface area contributed by atoms with Crippen molar-refractivity contribution in [3.63, 3.8) is 0 Å². The molecule has 5 heteroatoms. The standard InChI is InChI=1S/C15H18N4S/c1-10-8-13(19(3)18-10)12(16-2)9-15-17-11-6-4-5-7-14(11)20-15/h4-8,12,16H,9H2,1-3H3. The van der Waals surface area contributed by atoms with E-state index in [4.69, 9.17) is 4.98 Å². The number of thiazole rings is 1. The van der Waals surface area contributed by atoms with E-state index in [9.17, 15) is 0 Å². The molecule has 0 aliphatic carbocycles. The molecular weight excluding hydrogens is 268 g/mol. The minimum absolute atomic E-state index is 0.238. The Labute approximate surface area is 122 Å². The molecule has 0 amide bonds. The minimum Gasteiger partial charge on any atom is -0.311 e. The monoisotopic (exact) mass is 286 g/mol. The zero-order valence-corrected chi connectivity index (χ0v) is 12.7. The van der Waals surface area contributed by atoms with Crippen LogP contribution in [0.2, 0.25) is 0 Å². The summed E-state index contributed by atoms with van der Waals surface area (Å²) >= 11 is 1.77. The van der Waals surface area contributed by atoms with Gasteiger partial charge in [0, 0.05) is 13.5 Å². The fourth-order valence-electron chi connectivity index (χ4n) is 2.49. The van der Waals surface area contributed by atoms with Crippen molar-refractivity contribution in [3.8, 4) is 0 Å². The molecule has 3 rings (SSSR count). The largest absolute Gasteiger partial charge is 0.311 e. The van der Waals surface area contributed by atoms with Crippen LogP contribution in [-0.4, -0.2) is 21.8 Å². The molecule has 1 unspecified atom stereocenters. The Morgan fingerprint density at radius 3 is 2.80 bits per heavy atom. The van der Waals surface area contributed by atoms with Crippen LogP contribution in [0, 0.1) is 6.92 Å². The van der Waals surface area contributed by atoms with E-state index in [0.29, 0.717) is 0 Å². The molecule has 1 aromatic carbocycles. The van der Waals surface area contributed by atoms with Gasteiger partial charge in [-0.3, -0.25) is 4.68 Å². The number of benzene rings is 1. The maximum atomic E-state index is 4.71. The third-order valence-electron chi connectivity index (χ3n) is 3.46. The summed E-state index contributed by atoms with van der Waals surface area (Å²) in [5.41, 5.74) is 3.33. The first kappa shape index (κ1) is 13.3. The van der Waals surface area contributed by atoms with Crippen molar-refractivity contribution in [3.05, 3.63) is 46.7 Å². The molecule has 0 radical (unpaired) electrons. The number of aromatic nitrogens is 3. The number of hydrogen-bond acceptors (Lipinski definition) is 4. The molecule has 0 saturated carbocycles. The quantitative estimate of drug-likeness (QED) is 0.802. The molecule has 0 saturated heterocycles. The lowest BCUT2D eigenvalue weighted by molar-refractivity contribution is 0.536. The number of para-hydroxylation sites is 1. The summed E-state index contributed by atoms with van der Waals surface area (Å²) in [6.07, 6.45) is 0.884. The highest BCUT2D eigenvalue weighted by atomic mass is 32.1. The summed E-state index contributed by atoms with van der Waals surface area (Å²) < 4.78 is 3.20. The molecule has 0 bridgehead atoms. The second kappa shape index (κ2) is 5.34. The van der Waals surface area contributed by atoms with Gasteiger partial charge in [0.25, 0.3) is 0 Å². The Morgan fingerprint density at radius 2 is 2.15 bits per heavy atom. The molecule has 2 aromatic heterocycles. The van der Waals surface area contributed by atoms with Gasteiger partial charge in [0.05, 0.1) is 32.7 Å². The normalized spacial score (nSPS) is 12.9. The van der Waals surface area contributed by atoms with Crippen LogP contribution in [0.5, 0.6) is 0 Å². The van der Waals surface area contributed by atoms with E-state index in [1.165, 1.54) is 10.4 Å². The predicted octanol–water partition coefficient (Wildman–Crippen LogP) is 2.84. The van der Waals surface area contributed by atoms with Crippen LogP contribution in [0.3, 0.4) is 0 Å². The molecule has 104 valence electrons. The van der Waals surface area contributed by atoms with E-state index < -0.39 is 0 Å². The van der Waals surface area contributed by atoms with Crippen LogP contribution < -0.4 is 5.32 Å². The second-order valence-electron chi connectivity index (χ2n) is 4.95. The molecule has 0 aliphatic heterocycles. The maximum Gasteiger partial charge on any atom is 0.0958 e. The first-order valence-corrected chi connectivity index (χ1v) is 7.51. The minimum atomic E-state index is 0.238. The average molecular weight is 286 g/mol. The van der Waals surface area contributed by atoms with Crippen LogP contribution in [0.1, 0.15) is 22.4 Å². The van der Waals surface area contributed by atoms with Gasteiger partial charge in [-0.05, 0) is 32.2 Å². The smallest absolute Gasteiger partial charge is 0.0958 e. The van der Waals surface area contributed by atoms with Gasteiger partial charge in [-0.1, -0.05) is 12.1 Å². The summed E-state index contributed by atoms with van der Waals surface area (Å²) in [6, 6.07) is 10.7. The van der Waals surface area contributed by atoms with Gasteiger partial charge in [-0.2, -0.15) is 5.10 Å². The Bertz CT molecular complexity index is 695. The van der Waals surface area contributed by atoms with Crippen molar-refractivity contribution in [2.45, 2.75) is 19.4 Å². The fourth-order valence-corrected chi connectivity index (χ4v) is 3.51. The van der Waals surface area contributed by atoms with E-state index in [2.05, 4.69) is 34.7 Å². The van der Waals surface area contributed by atoms with Crippen molar-refractivity contribution in [1.29, 1.82) is 0 Å². The number of aryl methyl sites for hydroxylation is 2. The first-order valence-electron chi connectivity index (χ1n) is 6.69. The summed E-state index contributed by atoms with van der Waals surface area (Å²) in [5, 5.41) is 8.95. The highest BCUT2D eigenvalue weighted by molar-refractivity contribution is 7.18. The summed E-state index contributed by atoms with van der Waals surface area (Å²) in [5.74, 6) is 0. The second-order valence-corrected chi connectivity index (χ2v) is 6.07. The van der Waals surface area contributed by atoms with E-state index in [-0.39, 0.29) is 6.04 Å². The van der Waals surface area contributed by atoms with Gasteiger partial charge in [0.15, 0.2) is 0 Å². The zero-order valence-electron chi connectivity index (χ0n) is 11.9. The van der Waals surface area contributed by atoms with E-state index >= 15 is 0 Å². The Kier molecular flexibility index (Phi) is 3.54. The van der Waals surface area contributed by atoms with E-state index in [0.717, 1.165) is 22.6 Å². The Morgan fingerprint density at radius 1 is 1.35 bits per heavy atom. The number of nitrogens with zero attached hydrogens (tertiary/aromatic N) is 3. The highest BCUT2D eigenvalue weighted by Crippen LogP contribution is 2.26. The van der Waals surface area contributed by atoms with Crippen LogP contribution in [0.25, 0.3) is 10.2 Å². The Hall–Kier alpha value is -1.72. The van der Waals surface area contributed by atoms with Crippen LogP contribution in [0.4, 0.5) is 0 Å². The summed E-state index contributed by atoms with van der Waals surface area (Å²) in [4.78, 5) is 4.71. The molecule has 1 atom stereocenters. The van der Waals surface area contributed by atoms with Crippen molar-refractivity contribution in [2.24, 2.45) is 7.05 Å². The molecule has 3 aromatic rings. The van der Waals surface area contributed by atoms with Crippen LogP contribution >= 0.6 is 11.3 Å². The van der Waals surface area contributed by atoms with Gasteiger partial charge in [0.2, 0.25) is 0 Å². The third-order valence-corrected chi connectivity index (χ3v) is 4.52. The van der Waals surface area contributed by atoms with Gasteiger partial charge in [0.1, 0.15) is 0 Å². The molecule has 2 heterocycles. The van der Waals surface area contributed by atoms with Gasteiger partial charge in [-0.25, -0.2) is 4.98 Å². The molecule has 0 fully saturated rings. The van der Waals surface area contributed by atoms with Crippen molar-refractivity contribution in [2.75, 3.05) is 7.05 Å². The van der Waals surface area contributed by atoms with Crippen molar-refractivity contribution in [1.82, 2.24) is 20.1 Å². The van der Waals surface area contributed by atoms with Crippen molar-refractivity contribution < 1.29 is 0 Å². The zero-order chi connectivity index (χ0) is 14.1. The summed E-state index contributed by atoms with van der Waals surface area (Å²) in [6.45, 7) is 2.02. The molecule has 0 spiro atoms. The van der Waals surface area contributed by atoms with E-state index in [1.807, 2.05) is 31.8 Å². The fraction of sp³-hybridized carbons (Fsp3) is 0.333. The average Bonchev–Trinajstić information content (AvgIpc) is 2.98. The lowest BCUT2D eigenvalue weighted by Crippen LogP contribution is -2.21. The number of hydrogen-bond donors (Lipinski definition) is 1. The molecule has 4 nitrogen and oxygen atoms in total. The SMILES string of the molecule is CNC(Cc1nc2ccccc2s1)c1cc(C)nn1C. The number of nitrogens with one attached hydrogen (secondary N) is 1. The maximum absolute atomic E-state index is 4.71. The topological polar surface area (TPSA) is 42.7 Å². The van der Waals surface area contributed by atoms with Crippen LogP contribution in [0.15, 0.2) is 30.3 Å². The number of likely N-dealkylation sites (N-methyl/N-ethyl adjacent to an activating group) is 1. The lowest BCUT2D eigenvalue weighted by atomic mass is 10.1. The number of fused-ring (bicyclic) bond motifs is 1. The van der Waals surface area contributed by atoms with Gasteiger partial charge < -0.3 is 5.32 Å². The molecule has 1 N–H and O–H groups in total. The lowest BCUT2D eigenvalue weighted by Gasteiger charge is -2.14.